The van der Waals surface area contributed by atoms with Gasteiger partial charge in [-0.15, -0.1) is 0 Å². The van der Waals surface area contributed by atoms with Gasteiger partial charge in [0, 0.05) is 4.47 Å². The van der Waals surface area contributed by atoms with Crippen LogP contribution in [0.25, 0.3) is 0 Å². The first kappa shape index (κ1) is 14.5. The molecule has 18 heavy (non-hydrogen) atoms. The zero-order chi connectivity index (χ0) is 13.9. The standard InChI is InChI=1S/C10H9BrN2O4S/c1-6(5-12)18(16,17)13-9-4-7(10(14)15)2-3-8(9)11/h2-4,6,13H,1H3,(H,14,15). The highest BCUT2D eigenvalue weighted by Gasteiger charge is 2.21. The smallest absolute Gasteiger partial charge is 0.335 e. The number of hydrogen-bond donors (Lipinski definition) is 2. The maximum Gasteiger partial charge on any atom is 0.335 e. The van der Waals surface area contributed by atoms with Gasteiger partial charge in [-0.1, -0.05) is 0 Å². The van der Waals surface area contributed by atoms with Gasteiger partial charge in [0.1, 0.15) is 0 Å². The number of hydrogen-bond acceptors (Lipinski definition) is 4. The van der Waals surface area contributed by atoms with E-state index in [2.05, 4.69) is 20.7 Å². The fourth-order valence-corrected chi connectivity index (χ4v) is 2.32. The summed E-state index contributed by atoms with van der Waals surface area (Å²) in [5.41, 5.74) is 0.0255. The van der Waals surface area contributed by atoms with Gasteiger partial charge in [0.05, 0.1) is 17.3 Å². The van der Waals surface area contributed by atoms with Crippen molar-refractivity contribution in [2.45, 2.75) is 12.2 Å². The number of nitriles is 1. The third-order valence-electron chi connectivity index (χ3n) is 2.11. The molecule has 0 spiro atoms. The molecule has 0 amide bonds. The number of nitrogens with zero attached hydrogens (tertiary/aromatic N) is 1. The summed E-state index contributed by atoms with van der Waals surface area (Å²) in [5, 5.41) is 16.2. The molecule has 0 aliphatic rings. The van der Waals surface area contributed by atoms with Crippen molar-refractivity contribution in [1.29, 1.82) is 5.26 Å². The van der Waals surface area contributed by atoms with Crippen LogP contribution in [0.5, 0.6) is 0 Å². The Hall–Kier alpha value is -1.59. The number of nitrogens with one attached hydrogen (secondary N) is 1. The molecule has 1 aromatic carbocycles. The van der Waals surface area contributed by atoms with Gasteiger partial charge >= 0.3 is 5.97 Å². The van der Waals surface area contributed by atoms with E-state index in [0.29, 0.717) is 4.47 Å². The van der Waals surface area contributed by atoms with Crippen LogP contribution in [-0.4, -0.2) is 24.7 Å². The van der Waals surface area contributed by atoms with Gasteiger partial charge in [-0.25, -0.2) is 13.2 Å². The summed E-state index contributed by atoms with van der Waals surface area (Å²) in [5.74, 6) is -1.17. The van der Waals surface area contributed by atoms with E-state index in [1.807, 2.05) is 0 Å². The van der Waals surface area contributed by atoms with Crippen molar-refractivity contribution in [3.8, 4) is 6.07 Å². The zero-order valence-corrected chi connectivity index (χ0v) is 11.6. The Balaban J connectivity index is 3.16. The average molecular weight is 333 g/mol. The number of sulfonamides is 1. The maximum absolute atomic E-state index is 11.7. The Kier molecular flexibility index (Phi) is 4.32. The lowest BCUT2D eigenvalue weighted by Gasteiger charge is -2.11. The summed E-state index contributed by atoms with van der Waals surface area (Å²) in [6, 6.07) is 5.52. The number of halogens is 1. The molecule has 0 bridgehead atoms. The molecule has 0 aromatic heterocycles. The maximum atomic E-state index is 11.7. The van der Waals surface area contributed by atoms with Crippen molar-refractivity contribution in [2.24, 2.45) is 0 Å². The van der Waals surface area contributed by atoms with E-state index in [9.17, 15) is 13.2 Å². The first-order chi connectivity index (χ1) is 8.27. The molecular formula is C10H9BrN2O4S. The topological polar surface area (TPSA) is 107 Å². The summed E-state index contributed by atoms with van der Waals surface area (Å²) in [7, 11) is -3.86. The second kappa shape index (κ2) is 5.37. The molecule has 1 atom stereocenters. The first-order valence-corrected chi connectivity index (χ1v) is 7.06. The minimum absolute atomic E-state index is 0.0551. The van der Waals surface area contributed by atoms with E-state index >= 15 is 0 Å². The molecule has 6 nitrogen and oxygen atoms in total. The van der Waals surface area contributed by atoms with Crippen LogP contribution in [0.1, 0.15) is 17.3 Å². The molecular weight excluding hydrogens is 324 g/mol. The van der Waals surface area contributed by atoms with E-state index in [1.54, 1.807) is 6.07 Å². The van der Waals surface area contributed by atoms with Crippen LogP contribution in [0.4, 0.5) is 5.69 Å². The highest BCUT2D eigenvalue weighted by Crippen LogP contribution is 2.25. The quantitative estimate of drug-likeness (QED) is 0.874. The number of aromatic carboxylic acids is 1. The highest BCUT2D eigenvalue weighted by atomic mass is 79.9. The average Bonchev–Trinajstić information content (AvgIpc) is 2.30. The fourth-order valence-electron chi connectivity index (χ4n) is 1.05. The Morgan fingerprint density at radius 1 is 1.56 bits per heavy atom. The normalized spacial score (nSPS) is 12.5. The van der Waals surface area contributed by atoms with Gasteiger partial charge in [0.15, 0.2) is 5.25 Å². The lowest BCUT2D eigenvalue weighted by molar-refractivity contribution is 0.0697. The molecule has 1 rings (SSSR count). The number of carbonyl (C=O) groups is 1. The molecule has 96 valence electrons. The highest BCUT2D eigenvalue weighted by molar-refractivity contribution is 9.10. The van der Waals surface area contributed by atoms with Crippen molar-refractivity contribution in [3.05, 3.63) is 28.2 Å². The number of rotatable bonds is 4. The largest absolute Gasteiger partial charge is 0.478 e. The predicted molar refractivity (Wildman–Crippen MR) is 68.7 cm³/mol. The van der Waals surface area contributed by atoms with E-state index in [-0.39, 0.29) is 11.3 Å². The number of carboxylic acids is 1. The molecule has 1 aromatic rings. The summed E-state index contributed by atoms with van der Waals surface area (Å²) in [6.07, 6.45) is 0. The van der Waals surface area contributed by atoms with Crippen LogP contribution < -0.4 is 4.72 Å². The molecule has 0 heterocycles. The van der Waals surface area contributed by atoms with E-state index in [0.717, 1.165) is 0 Å². The summed E-state index contributed by atoms with van der Waals surface area (Å²) < 4.78 is 25.9. The summed E-state index contributed by atoms with van der Waals surface area (Å²) >= 11 is 3.10. The lowest BCUT2D eigenvalue weighted by atomic mass is 10.2. The second-order valence-electron chi connectivity index (χ2n) is 3.42. The Morgan fingerprint density at radius 3 is 2.67 bits per heavy atom. The van der Waals surface area contributed by atoms with Crippen LogP contribution in [0.15, 0.2) is 22.7 Å². The molecule has 0 aliphatic heterocycles. The molecule has 0 fully saturated rings. The van der Waals surface area contributed by atoms with Crippen molar-refractivity contribution in [1.82, 2.24) is 0 Å². The lowest BCUT2D eigenvalue weighted by Crippen LogP contribution is -2.24. The van der Waals surface area contributed by atoms with Gasteiger partial charge in [-0.05, 0) is 41.1 Å². The third kappa shape index (κ3) is 3.21. The van der Waals surface area contributed by atoms with Crippen LogP contribution >= 0.6 is 15.9 Å². The third-order valence-corrected chi connectivity index (χ3v) is 4.35. The number of benzene rings is 1. The van der Waals surface area contributed by atoms with E-state index in [1.165, 1.54) is 25.1 Å². The van der Waals surface area contributed by atoms with Gasteiger partial charge < -0.3 is 5.11 Å². The monoisotopic (exact) mass is 332 g/mol. The zero-order valence-electron chi connectivity index (χ0n) is 9.21. The molecule has 0 saturated heterocycles. The van der Waals surface area contributed by atoms with Crippen molar-refractivity contribution < 1.29 is 18.3 Å². The Morgan fingerprint density at radius 2 is 2.17 bits per heavy atom. The number of anilines is 1. The van der Waals surface area contributed by atoms with Crippen molar-refractivity contribution in [3.63, 3.8) is 0 Å². The van der Waals surface area contributed by atoms with E-state index in [4.69, 9.17) is 10.4 Å². The van der Waals surface area contributed by atoms with Crippen LogP contribution in [-0.2, 0) is 10.0 Å². The van der Waals surface area contributed by atoms with Crippen molar-refractivity contribution in [2.75, 3.05) is 4.72 Å². The van der Waals surface area contributed by atoms with Gasteiger partial charge in [0.25, 0.3) is 0 Å². The molecule has 8 heteroatoms. The second-order valence-corrected chi connectivity index (χ2v) is 6.27. The first-order valence-electron chi connectivity index (χ1n) is 4.72. The predicted octanol–water partition coefficient (Wildman–Crippen LogP) is 1.80. The minimum atomic E-state index is -3.86. The molecule has 1 unspecified atom stereocenters. The molecule has 2 N–H and O–H groups in total. The van der Waals surface area contributed by atoms with Crippen LogP contribution in [0, 0.1) is 11.3 Å². The minimum Gasteiger partial charge on any atom is -0.478 e. The van der Waals surface area contributed by atoms with Crippen LogP contribution in [0.2, 0.25) is 0 Å². The SMILES string of the molecule is CC(C#N)S(=O)(=O)Nc1cc(C(=O)O)ccc1Br. The Labute approximate surface area is 112 Å². The Bertz CT molecular complexity index is 621. The molecule has 0 radical (unpaired) electrons. The van der Waals surface area contributed by atoms with Crippen molar-refractivity contribution >= 4 is 37.6 Å². The van der Waals surface area contributed by atoms with Gasteiger partial charge in [-0.2, -0.15) is 5.26 Å². The summed E-state index contributed by atoms with van der Waals surface area (Å²) in [4.78, 5) is 10.8. The summed E-state index contributed by atoms with van der Waals surface area (Å²) in [6.45, 7) is 1.23. The molecule has 0 aliphatic carbocycles. The van der Waals surface area contributed by atoms with E-state index < -0.39 is 21.2 Å². The van der Waals surface area contributed by atoms with Gasteiger partial charge in [-0.3, -0.25) is 4.72 Å². The van der Waals surface area contributed by atoms with Gasteiger partial charge in [0.2, 0.25) is 10.0 Å². The van der Waals surface area contributed by atoms with Crippen LogP contribution in [0.3, 0.4) is 0 Å². The fraction of sp³-hybridized carbons (Fsp3) is 0.200. The number of carboxylic acid groups (broad SMARTS) is 1. The molecule has 0 saturated carbocycles.